The van der Waals surface area contributed by atoms with Crippen molar-refractivity contribution >= 4 is 27.5 Å². The van der Waals surface area contributed by atoms with Gasteiger partial charge < -0.3 is 5.73 Å². The zero-order chi connectivity index (χ0) is 8.43. The maximum absolute atomic E-state index is 5.85. The number of pyridine rings is 1. The molecule has 1 rings (SSSR count). The zero-order valence-corrected chi connectivity index (χ0v) is 8.35. The van der Waals surface area contributed by atoms with Crippen molar-refractivity contribution in [2.24, 2.45) is 5.73 Å². The second-order valence-electron chi connectivity index (χ2n) is 2.31. The predicted octanol–water partition coefficient (Wildman–Crippen LogP) is 3.15. The predicted molar refractivity (Wildman–Crippen MR) is 56.3 cm³/mol. The van der Waals surface area contributed by atoms with Crippen LogP contribution in [-0.4, -0.2) is 4.98 Å². The average molecular weight is 252 g/mol. The van der Waals surface area contributed by atoms with E-state index in [1.54, 1.807) is 12.3 Å². The SMILES string of the molecule is C.CC(N)c1ncc(Br)cc1Cl. The molecular weight excluding hydrogens is 239 g/mol. The largest absolute Gasteiger partial charge is 0.323 e. The average Bonchev–Trinajstić information content (AvgIpc) is 1.85. The minimum Gasteiger partial charge on any atom is -0.323 e. The van der Waals surface area contributed by atoms with Crippen LogP contribution in [0.15, 0.2) is 16.7 Å². The van der Waals surface area contributed by atoms with E-state index in [1.165, 1.54) is 0 Å². The molecule has 0 saturated carbocycles. The number of hydrogen-bond acceptors (Lipinski definition) is 2. The van der Waals surface area contributed by atoms with Crippen molar-refractivity contribution in [3.63, 3.8) is 0 Å². The van der Waals surface area contributed by atoms with E-state index in [9.17, 15) is 0 Å². The zero-order valence-electron chi connectivity index (χ0n) is 6.01. The third-order valence-electron chi connectivity index (χ3n) is 1.27. The van der Waals surface area contributed by atoms with Gasteiger partial charge in [-0.1, -0.05) is 19.0 Å². The lowest BCUT2D eigenvalue weighted by molar-refractivity contribution is 0.780. The fraction of sp³-hybridized carbons (Fsp3) is 0.375. The summed E-state index contributed by atoms with van der Waals surface area (Å²) < 4.78 is 0.868. The molecule has 12 heavy (non-hydrogen) atoms. The van der Waals surface area contributed by atoms with Gasteiger partial charge in [0.1, 0.15) is 0 Å². The third-order valence-corrected chi connectivity index (χ3v) is 2.00. The fourth-order valence-electron chi connectivity index (χ4n) is 0.760. The summed E-state index contributed by atoms with van der Waals surface area (Å²) in [5.74, 6) is 0. The van der Waals surface area contributed by atoms with Gasteiger partial charge in [0.05, 0.1) is 10.7 Å². The highest BCUT2D eigenvalue weighted by molar-refractivity contribution is 9.10. The van der Waals surface area contributed by atoms with Gasteiger partial charge in [-0.05, 0) is 28.9 Å². The van der Waals surface area contributed by atoms with E-state index < -0.39 is 0 Å². The van der Waals surface area contributed by atoms with Gasteiger partial charge in [0.15, 0.2) is 0 Å². The van der Waals surface area contributed by atoms with Gasteiger partial charge in [-0.15, -0.1) is 0 Å². The van der Waals surface area contributed by atoms with Crippen molar-refractivity contribution in [3.8, 4) is 0 Å². The molecule has 1 aromatic heterocycles. The number of halogens is 2. The van der Waals surface area contributed by atoms with Gasteiger partial charge in [0.2, 0.25) is 0 Å². The molecule has 1 aromatic rings. The van der Waals surface area contributed by atoms with Crippen LogP contribution in [0, 0.1) is 0 Å². The second-order valence-corrected chi connectivity index (χ2v) is 3.63. The molecule has 0 amide bonds. The van der Waals surface area contributed by atoms with Crippen LogP contribution in [-0.2, 0) is 0 Å². The van der Waals surface area contributed by atoms with Crippen LogP contribution < -0.4 is 5.73 Å². The van der Waals surface area contributed by atoms with Crippen molar-refractivity contribution in [2.45, 2.75) is 20.4 Å². The standard InChI is InChI=1S/C7H8BrClN2.CH4/c1-4(10)7-6(9)2-5(8)3-11-7;/h2-4H,10H2,1H3;1H4. The van der Waals surface area contributed by atoms with Crippen LogP contribution in [0.3, 0.4) is 0 Å². The van der Waals surface area contributed by atoms with Crippen LogP contribution in [0.4, 0.5) is 0 Å². The van der Waals surface area contributed by atoms with E-state index >= 15 is 0 Å². The van der Waals surface area contributed by atoms with Crippen molar-refractivity contribution in [3.05, 3.63) is 27.5 Å². The van der Waals surface area contributed by atoms with Crippen LogP contribution in [0.25, 0.3) is 0 Å². The van der Waals surface area contributed by atoms with E-state index in [0.717, 1.165) is 10.2 Å². The summed E-state index contributed by atoms with van der Waals surface area (Å²) in [5.41, 5.74) is 6.33. The Kier molecular flexibility index (Phi) is 4.75. The van der Waals surface area contributed by atoms with Crippen molar-refractivity contribution < 1.29 is 0 Å². The minimum absolute atomic E-state index is 0. The van der Waals surface area contributed by atoms with Crippen LogP contribution in [0.1, 0.15) is 26.1 Å². The minimum atomic E-state index is -0.115. The first-order valence-corrected chi connectivity index (χ1v) is 4.35. The molecule has 4 heteroatoms. The Balaban J connectivity index is 0.00000121. The van der Waals surface area contributed by atoms with Crippen molar-refractivity contribution in [1.82, 2.24) is 4.98 Å². The molecular formula is C8H12BrClN2. The maximum Gasteiger partial charge on any atom is 0.0754 e. The Hall–Kier alpha value is -0.120. The van der Waals surface area contributed by atoms with E-state index in [-0.39, 0.29) is 13.5 Å². The lowest BCUT2D eigenvalue weighted by Gasteiger charge is -2.05. The summed E-state index contributed by atoms with van der Waals surface area (Å²) in [6.07, 6.45) is 1.69. The van der Waals surface area contributed by atoms with Crippen LogP contribution in [0.2, 0.25) is 5.02 Å². The Bertz CT molecular complexity index is 263. The van der Waals surface area contributed by atoms with Gasteiger partial charge in [-0.3, -0.25) is 4.98 Å². The molecule has 0 aliphatic heterocycles. The lowest BCUT2D eigenvalue weighted by Crippen LogP contribution is -2.07. The van der Waals surface area contributed by atoms with Crippen LogP contribution in [0.5, 0.6) is 0 Å². The van der Waals surface area contributed by atoms with Gasteiger partial charge in [0.25, 0.3) is 0 Å². The van der Waals surface area contributed by atoms with Crippen LogP contribution >= 0.6 is 27.5 Å². The smallest absolute Gasteiger partial charge is 0.0754 e. The van der Waals surface area contributed by atoms with E-state index in [1.807, 2.05) is 6.92 Å². The second kappa shape index (κ2) is 4.80. The molecule has 1 unspecified atom stereocenters. The number of rotatable bonds is 1. The number of nitrogens with two attached hydrogens (primary N) is 1. The lowest BCUT2D eigenvalue weighted by atomic mass is 10.2. The first kappa shape index (κ1) is 11.9. The number of nitrogens with zero attached hydrogens (tertiary/aromatic N) is 1. The molecule has 0 radical (unpaired) electrons. The quantitative estimate of drug-likeness (QED) is 0.833. The Morgan fingerprint density at radius 1 is 1.67 bits per heavy atom. The molecule has 1 atom stereocenters. The fourth-order valence-corrected chi connectivity index (χ4v) is 1.56. The molecule has 0 aromatic carbocycles. The molecule has 2 nitrogen and oxygen atoms in total. The monoisotopic (exact) mass is 250 g/mol. The topological polar surface area (TPSA) is 38.9 Å². The van der Waals surface area contributed by atoms with E-state index in [4.69, 9.17) is 17.3 Å². The summed E-state index contributed by atoms with van der Waals surface area (Å²) in [6.45, 7) is 1.85. The van der Waals surface area contributed by atoms with Gasteiger partial charge in [-0.25, -0.2) is 0 Å². The van der Waals surface area contributed by atoms with Gasteiger partial charge >= 0.3 is 0 Å². The highest BCUT2D eigenvalue weighted by atomic mass is 79.9. The highest BCUT2D eigenvalue weighted by Crippen LogP contribution is 2.22. The number of hydrogen-bond donors (Lipinski definition) is 1. The Morgan fingerprint density at radius 3 is 2.67 bits per heavy atom. The summed E-state index contributed by atoms with van der Waals surface area (Å²) in [5, 5.41) is 0.606. The molecule has 0 saturated heterocycles. The maximum atomic E-state index is 5.85. The van der Waals surface area contributed by atoms with E-state index in [2.05, 4.69) is 20.9 Å². The summed E-state index contributed by atoms with van der Waals surface area (Å²) >= 11 is 9.11. The normalized spacial score (nSPS) is 12.0. The summed E-state index contributed by atoms with van der Waals surface area (Å²) in [6, 6.07) is 1.67. The molecule has 0 bridgehead atoms. The molecule has 68 valence electrons. The summed E-state index contributed by atoms with van der Waals surface area (Å²) in [4.78, 5) is 4.07. The van der Waals surface area contributed by atoms with Crippen molar-refractivity contribution in [1.29, 1.82) is 0 Å². The van der Waals surface area contributed by atoms with Gasteiger partial charge in [-0.2, -0.15) is 0 Å². The summed E-state index contributed by atoms with van der Waals surface area (Å²) in [7, 11) is 0. The Morgan fingerprint density at radius 2 is 2.25 bits per heavy atom. The number of aromatic nitrogens is 1. The molecule has 1 heterocycles. The third kappa shape index (κ3) is 2.73. The molecule has 0 aliphatic carbocycles. The van der Waals surface area contributed by atoms with E-state index in [0.29, 0.717) is 5.02 Å². The molecule has 0 spiro atoms. The Labute approximate surface area is 86.3 Å². The highest BCUT2D eigenvalue weighted by Gasteiger charge is 2.06. The first-order valence-electron chi connectivity index (χ1n) is 3.18. The molecule has 0 fully saturated rings. The van der Waals surface area contributed by atoms with Gasteiger partial charge in [0, 0.05) is 16.7 Å². The first-order chi connectivity index (χ1) is 5.11. The molecule has 0 aliphatic rings. The van der Waals surface area contributed by atoms with Crippen molar-refractivity contribution in [2.75, 3.05) is 0 Å². The molecule has 2 N–H and O–H groups in total.